The number of ketones is 1. The second-order valence-corrected chi connectivity index (χ2v) is 10.2. The first-order valence-electron chi connectivity index (χ1n) is 13.4. The molecule has 0 radical (unpaired) electrons. The highest BCUT2D eigenvalue weighted by Gasteiger charge is 2.48. The molecule has 4 aromatic rings. The van der Waals surface area contributed by atoms with Gasteiger partial charge in [-0.05, 0) is 78.9 Å². The van der Waals surface area contributed by atoms with E-state index in [4.69, 9.17) is 14.2 Å². The number of amides is 1. The number of carbonyl (C=O) groups is 2. The van der Waals surface area contributed by atoms with Gasteiger partial charge in [-0.1, -0.05) is 26.0 Å². The molecular formula is C32H33N3O6. The van der Waals surface area contributed by atoms with Crippen LogP contribution >= 0.6 is 0 Å². The molecule has 0 saturated carbocycles. The van der Waals surface area contributed by atoms with E-state index in [0.717, 1.165) is 16.6 Å². The average Bonchev–Trinajstić information content (AvgIpc) is 3.49. The summed E-state index contributed by atoms with van der Waals surface area (Å²) in [7, 11) is 3.03. The standard InChI is InChI=1S/C32H33N3O6/c1-7-41-24-12-10-20(15-21(24)17(2)3)29(36)27-28(19-9-13-25(39-5)26(16-19)40-6)35(31(38)30(27)37)32-33-22-11-8-18(4)14-23(22)34-32/h8-17,28,36H,7H2,1-6H3,(H,33,34)/b29-27+. The van der Waals surface area contributed by atoms with Crippen LogP contribution in [0.25, 0.3) is 16.8 Å². The van der Waals surface area contributed by atoms with Gasteiger partial charge in [0.15, 0.2) is 11.5 Å². The first kappa shape index (κ1) is 27.8. The molecule has 3 aromatic carbocycles. The van der Waals surface area contributed by atoms with E-state index in [0.29, 0.717) is 40.5 Å². The van der Waals surface area contributed by atoms with Crippen LogP contribution in [0.2, 0.25) is 0 Å². The first-order valence-corrected chi connectivity index (χ1v) is 13.4. The minimum Gasteiger partial charge on any atom is -0.507 e. The van der Waals surface area contributed by atoms with Crippen LogP contribution in [0.4, 0.5) is 5.95 Å². The van der Waals surface area contributed by atoms with Crippen molar-refractivity contribution in [3.8, 4) is 17.2 Å². The lowest BCUT2D eigenvalue weighted by molar-refractivity contribution is -0.132. The average molecular weight is 556 g/mol. The number of aromatic amines is 1. The first-order chi connectivity index (χ1) is 19.7. The molecule has 2 heterocycles. The summed E-state index contributed by atoms with van der Waals surface area (Å²) in [5, 5.41) is 11.7. The van der Waals surface area contributed by atoms with E-state index in [1.807, 2.05) is 45.9 Å². The number of fused-ring (bicyclic) bond motifs is 1. The Hall–Kier alpha value is -4.79. The molecule has 0 bridgehead atoms. The van der Waals surface area contributed by atoms with Crippen LogP contribution in [-0.4, -0.2) is 47.6 Å². The van der Waals surface area contributed by atoms with Gasteiger partial charge >= 0.3 is 5.91 Å². The Kier molecular flexibility index (Phi) is 7.45. The SMILES string of the molecule is CCOc1ccc(/C(O)=C2\C(=O)C(=O)N(c3nc4ccc(C)cc4[nH]3)C2c2ccc(OC)c(OC)c2)cc1C(C)C. The van der Waals surface area contributed by atoms with Crippen molar-refractivity contribution in [2.45, 2.75) is 39.7 Å². The maximum absolute atomic E-state index is 13.7. The molecule has 9 nitrogen and oxygen atoms in total. The number of Topliss-reactive ketones (excluding diaryl/α,β-unsaturated/α-hetero) is 1. The summed E-state index contributed by atoms with van der Waals surface area (Å²) in [5.41, 5.74) is 4.14. The number of benzene rings is 3. The molecular weight excluding hydrogens is 522 g/mol. The van der Waals surface area contributed by atoms with Crippen LogP contribution in [0, 0.1) is 6.92 Å². The predicted molar refractivity (Wildman–Crippen MR) is 157 cm³/mol. The highest BCUT2D eigenvalue weighted by Crippen LogP contribution is 2.44. The number of nitrogens with zero attached hydrogens (tertiary/aromatic N) is 2. The topological polar surface area (TPSA) is 114 Å². The summed E-state index contributed by atoms with van der Waals surface area (Å²) in [5.74, 6) is -0.0278. The molecule has 1 aliphatic rings. The molecule has 0 aliphatic carbocycles. The highest BCUT2D eigenvalue weighted by atomic mass is 16.5. The Morgan fingerprint density at radius 2 is 1.73 bits per heavy atom. The number of rotatable bonds is 8. The molecule has 0 spiro atoms. The lowest BCUT2D eigenvalue weighted by Crippen LogP contribution is -2.30. The van der Waals surface area contributed by atoms with Crippen LogP contribution in [0.1, 0.15) is 55.0 Å². The smallest absolute Gasteiger partial charge is 0.302 e. The number of methoxy groups -OCH3 is 2. The number of aromatic nitrogens is 2. The van der Waals surface area contributed by atoms with Gasteiger partial charge in [0.25, 0.3) is 5.78 Å². The van der Waals surface area contributed by atoms with E-state index in [1.165, 1.54) is 19.1 Å². The van der Waals surface area contributed by atoms with E-state index < -0.39 is 17.7 Å². The Morgan fingerprint density at radius 3 is 2.41 bits per heavy atom. The van der Waals surface area contributed by atoms with Crippen molar-refractivity contribution < 1.29 is 28.9 Å². The Balaban J connectivity index is 1.74. The van der Waals surface area contributed by atoms with Crippen LogP contribution < -0.4 is 19.1 Å². The lowest BCUT2D eigenvalue weighted by Gasteiger charge is -2.24. The van der Waals surface area contributed by atoms with Gasteiger partial charge in [-0.15, -0.1) is 0 Å². The zero-order valence-electron chi connectivity index (χ0n) is 23.9. The number of aliphatic hydroxyl groups excluding tert-OH is 1. The summed E-state index contributed by atoms with van der Waals surface area (Å²) in [6, 6.07) is 15.1. The van der Waals surface area contributed by atoms with Crippen molar-refractivity contribution in [3.63, 3.8) is 0 Å². The van der Waals surface area contributed by atoms with Crippen LogP contribution in [0.15, 0.2) is 60.2 Å². The van der Waals surface area contributed by atoms with Crippen molar-refractivity contribution in [3.05, 3.63) is 82.4 Å². The van der Waals surface area contributed by atoms with Crippen molar-refractivity contribution in [1.29, 1.82) is 0 Å². The van der Waals surface area contributed by atoms with Crippen molar-refractivity contribution in [2.75, 3.05) is 25.7 Å². The monoisotopic (exact) mass is 555 g/mol. The molecule has 1 saturated heterocycles. The number of hydrogen-bond donors (Lipinski definition) is 2. The number of aryl methyl sites for hydroxylation is 1. The number of hydrogen-bond acceptors (Lipinski definition) is 7. The number of aliphatic hydroxyl groups is 1. The predicted octanol–water partition coefficient (Wildman–Crippen LogP) is 6.04. The third-order valence-corrected chi connectivity index (χ3v) is 7.23. The summed E-state index contributed by atoms with van der Waals surface area (Å²) >= 11 is 0. The summed E-state index contributed by atoms with van der Waals surface area (Å²) in [6.45, 7) is 8.40. The lowest BCUT2D eigenvalue weighted by atomic mass is 9.93. The summed E-state index contributed by atoms with van der Waals surface area (Å²) in [4.78, 5) is 36.5. The van der Waals surface area contributed by atoms with Crippen LogP contribution in [-0.2, 0) is 9.59 Å². The molecule has 2 N–H and O–H groups in total. The molecule has 1 amide bonds. The molecule has 5 rings (SSSR count). The number of ether oxygens (including phenoxy) is 3. The maximum Gasteiger partial charge on any atom is 0.302 e. The quantitative estimate of drug-likeness (QED) is 0.155. The summed E-state index contributed by atoms with van der Waals surface area (Å²) < 4.78 is 16.7. The molecule has 9 heteroatoms. The maximum atomic E-state index is 13.7. The second kappa shape index (κ2) is 11.0. The molecule has 41 heavy (non-hydrogen) atoms. The van der Waals surface area contributed by atoms with E-state index in [2.05, 4.69) is 9.97 Å². The molecule has 212 valence electrons. The fraction of sp³-hybridized carbons (Fsp3) is 0.281. The fourth-order valence-electron chi connectivity index (χ4n) is 5.20. The molecule has 1 aliphatic heterocycles. The Morgan fingerprint density at radius 1 is 1.00 bits per heavy atom. The van der Waals surface area contributed by atoms with Crippen molar-refractivity contribution in [1.82, 2.24) is 9.97 Å². The van der Waals surface area contributed by atoms with Gasteiger partial charge in [0, 0.05) is 5.56 Å². The second-order valence-electron chi connectivity index (χ2n) is 10.2. The van der Waals surface area contributed by atoms with Crippen LogP contribution in [0.5, 0.6) is 17.2 Å². The molecule has 1 aromatic heterocycles. The van der Waals surface area contributed by atoms with Gasteiger partial charge in [-0.25, -0.2) is 4.98 Å². The third-order valence-electron chi connectivity index (χ3n) is 7.23. The van der Waals surface area contributed by atoms with Gasteiger partial charge < -0.3 is 24.3 Å². The number of H-pyrrole nitrogens is 1. The van der Waals surface area contributed by atoms with Crippen molar-refractivity contribution in [2.24, 2.45) is 0 Å². The number of anilines is 1. The largest absolute Gasteiger partial charge is 0.507 e. The normalized spacial score (nSPS) is 16.6. The van der Waals surface area contributed by atoms with Gasteiger partial charge in [0.1, 0.15) is 11.5 Å². The molecule has 1 fully saturated rings. The van der Waals surface area contributed by atoms with E-state index in [9.17, 15) is 14.7 Å². The molecule has 1 atom stereocenters. The zero-order valence-corrected chi connectivity index (χ0v) is 23.9. The van der Waals surface area contributed by atoms with Crippen LogP contribution in [0.3, 0.4) is 0 Å². The van der Waals surface area contributed by atoms with Gasteiger partial charge in [-0.3, -0.25) is 14.5 Å². The van der Waals surface area contributed by atoms with E-state index in [-0.39, 0.29) is 23.2 Å². The van der Waals surface area contributed by atoms with E-state index >= 15 is 0 Å². The molecule has 1 unspecified atom stereocenters. The zero-order chi connectivity index (χ0) is 29.4. The van der Waals surface area contributed by atoms with Gasteiger partial charge in [0.2, 0.25) is 5.95 Å². The Labute approximate surface area is 238 Å². The highest BCUT2D eigenvalue weighted by molar-refractivity contribution is 6.51. The fourth-order valence-corrected chi connectivity index (χ4v) is 5.20. The number of carbonyl (C=O) groups excluding carboxylic acids is 2. The van der Waals surface area contributed by atoms with Crippen molar-refractivity contribution >= 4 is 34.4 Å². The third kappa shape index (κ3) is 4.88. The minimum atomic E-state index is -0.995. The minimum absolute atomic E-state index is 0.0577. The van der Waals surface area contributed by atoms with Gasteiger partial charge in [0.05, 0.1) is 43.5 Å². The Bertz CT molecular complexity index is 1690. The summed E-state index contributed by atoms with van der Waals surface area (Å²) in [6.07, 6.45) is 0. The number of imidazole rings is 1. The van der Waals surface area contributed by atoms with E-state index in [1.54, 1.807) is 36.4 Å². The number of nitrogens with one attached hydrogen (secondary N) is 1. The van der Waals surface area contributed by atoms with Gasteiger partial charge in [-0.2, -0.15) is 0 Å².